The summed E-state index contributed by atoms with van der Waals surface area (Å²) in [5, 5.41) is 5.26. The highest BCUT2D eigenvalue weighted by atomic mass is 19.4. The Kier molecular flexibility index (Phi) is 6.31. The number of nitrogens with one attached hydrogen (secondary N) is 2. The van der Waals surface area contributed by atoms with E-state index in [4.69, 9.17) is 4.74 Å². The van der Waals surface area contributed by atoms with Crippen molar-refractivity contribution in [2.24, 2.45) is 5.92 Å². The number of alkyl carbamates (subject to hydrolysis) is 1. The van der Waals surface area contributed by atoms with Crippen molar-refractivity contribution in [3.63, 3.8) is 0 Å². The number of hydrogen-bond acceptors (Lipinski definition) is 3. The molecule has 1 rings (SSSR count). The van der Waals surface area contributed by atoms with E-state index < -0.39 is 24.4 Å². The molecule has 0 bridgehead atoms. The van der Waals surface area contributed by atoms with Crippen molar-refractivity contribution in [3.8, 4) is 0 Å². The van der Waals surface area contributed by atoms with E-state index in [1.165, 1.54) is 0 Å². The summed E-state index contributed by atoms with van der Waals surface area (Å²) in [5.41, 5.74) is -0.525. The van der Waals surface area contributed by atoms with Gasteiger partial charge in [-0.3, -0.25) is 0 Å². The molecule has 0 unspecified atom stereocenters. The van der Waals surface area contributed by atoms with Crippen LogP contribution in [0.2, 0.25) is 0 Å². The third kappa shape index (κ3) is 8.80. The Morgan fingerprint density at radius 2 is 1.71 bits per heavy atom. The lowest BCUT2D eigenvalue weighted by Crippen LogP contribution is -2.42. The van der Waals surface area contributed by atoms with Crippen LogP contribution in [0.25, 0.3) is 0 Å². The number of alkyl halides is 3. The summed E-state index contributed by atoms with van der Waals surface area (Å²) in [6.45, 7) is 4.84. The van der Waals surface area contributed by atoms with Gasteiger partial charge in [0.2, 0.25) is 0 Å². The molecule has 124 valence electrons. The van der Waals surface area contributed by atoms with E-state index in [9.17, 15) is 18.0 Å². The van der Waals surface area contributed by atoms with Crippen LogP contribution in [0.4, 0.5) is 18.0 Å². The fourth-order valence-corrected chi connectivity index (χ4v) is 2.40. The summed E-state index contributed by atoms with van der Waals surface area (Å²) in [6, 6.07) is 0.0544. The van der Waals surface area contributed by atoms with Gasteiger partial charge in [-0.05, 0) is 58.9 Å². The van der Waals surface area contributed by atoms with Crippen molar-refractivity contribution in [1.29, 1.82) is 0 Å². The molecule has 1 aliphatic carbocycles. The molecule has 0 saturated heterocycles. The summed E-state index contributed by atoms with van der Waals surface area (Å²) >= 11 is 0. The van der Waals surface area contributed by atoms with Crippen LogP contribution in [-0.4, -0.2) is 37.0 Å². The lowest BCUT2D eigenvalue weighted by molar-refractivity contribution is -0.125. The molecule has 1 amide bonds. The second-order valence-electron chi connectivity index (χ2n) is 6.61. The van der Waals surface area contributed by atoms with Crippen LogP contribution in [0, 0.1) is 5.92 Å². The normalized spacial score (nSPS) is 23.7. The van der Waals surface area contributed by atoms with Gasteiger partial charge in [0.25, 0.3) is 0 Å². The predicted molar refractivity (Wildman–Crippen MR) is 74.0 cm³/mol. The van der Waals surface area contributed by atoms with Gasteiger partial charge < -0.3 is 15.4 Å². The van der Waals surface area contributed by atoms with Crippen molar-refractivity contribution in [1.82, 2.24) is 10.6 Å². The lowest BCUT2D eigenvalue weighted by atomic mass is 9.86. The quantitative estimate of drug-likeness (QED) is 0.838. The standard InChI is InChI=1S/C14H25F3N2O2/c1-13(2,3)21-12(20)19-11-6-4-10(5-7-11)8-18-9-14(15,16)17/h10-11,18H,4-9H2,1-3H3,(H,19,20). The van der Waals surface area contributed by atoms with Crippen LogP contribution in [0.1, 0.15) is 46.5 Å². The minimum atomic E-state index is -4.16. The lowest BCUT2D eigenvalue weighted by Gasteiger charge is -2.30. The molecule has 0 atom stereocenters. The van der Waals surface area contributed by atoms with Gasteiger partial charge in [0, 0.05) is 6.04 Å². The molecule has 0 aromatic heterocycles. The van der Waals surface area contributed by atoms with Crippen molar-refractivity contribution in [2.45, 2.75) is 64.3 Å². The van der Waals surface area contributed by atoms with Crippen LogP contribution >= 0.6 is 0 Å². The Morgan fingerprint density at radius 1 is 1.14 bits per heavy atom. The number of hydrogen-bond donors (Lipinski definition) is 2. The molecule has 0 spiro atoms. The molecule has 0 heterocycles. The molecular weight excluding hydrogens is 285 g/mol. The van der Waals surface area contributed by atoms with E-state index in [1.54, 1.807) is 20.8 Å². The summed E-state index contributed by atoms with van der Waals surface area (Å²) in [5.74, 6) is 0.240. The monoisotopic (exact) mass is 310 g/mol. The molecule has 1 fully saturated rings. The molecule has 1 saturated carbocycles. The van der Waals surface area contributed by atoms with Crippen LogP contribution in [0.5, 0.6) is 0 Å². The van der Waals surface area contributed by atoms with Gasteiger partial charge >= 0.3 is 12.3 Å². The molecule has 4 nitrogen and oxygen atoms in total. The summed E-state index contributed by atoms with van der Waals surface area (Å²) in [7, 11) is 0. The first-order valence-corrected chi connectivity index (χ1v) is 7.32. The summed E-state index contributed by atoms with van der Waals surface area (Å²) in [6.07, 6.45) is -1.41. The third-order valence-corrected chi connectivity index (χ3v) is 3.33. The van der Waals surface area contributed by atoms with Crippen LogP contribution in [0.15, 0.2) is 0 Å². The topological polar surface area (TPSA) is 50.4 Å². The fraction of sp³-hybridized carbons (Fsp3) is 0.929. The predicted octanol–water partition coefficient (Wildman–Crippen LogP) is 3.22. The van der Waals surface area contributed by atoms with E-state index in [0.29, 0.717) is 6.54 Å². The molecule has 0 aliphatic heterocycles. The van der Waals surface area contributed by atoms with Crippen LogP contribution < -0.4 is 10.6 Å². The fourth-order valence-electron chi connectivity index (χ4n) is 2.40. The Labute approximate surface area is 123 Å². The van der Waals surface area contributed by atoms with E-state index >= 15 is 0 Å². The van der Waals surface area contributed by atoms with Gasteiger partial charge in [0.15, 0.2) is 0 Å². The van der Waals surface area contributed by atoms with Gasteiger partial charge in [-0.25, -0.2) is 4.79 Å². The molecule has 7 heteroatoms. The first-order chi connectivity index (χ1) is 9.55. The zero-order chi connectivity index (χ0) is 16.1. The maximum absolute atomic E-state index is 12.0. The molecule has 0 radical (unpaired) electrons. The van der Waals surface area contributed by atoms with E-state index in [2.05, 4.69) is 10.6 Å². The number of carbonyl (C=O) groups is 1. The van der Waals surface area contributed by atoms with E-state index in [-0.39, 0.29) is 12.0 Å². The number of rotatable bonds is 4. The molecular formula is C14H25F3N2O2. The SMILES string of the molecule is CC(C)(C)OC(=O)NC1CCC(CNCC(F)(F)F)CC1. The molecule has 0 aromatic carbocycles. The Bertz CT molecular complexity index is 332. The number of carbonyl (C=O) groups excluding carboxylic acids is 1. The molecule has 21 heavy (non-hydrogen) atoms. The second-order valence-corrected chi connectivity index (χ2v) is 6.61. The Hall–Kier alpha value is -0.980. The molecule has 0 aromatic rings. The highest BCUT2D eigenvalue weighted by molar-refractivity contribution is 5.68. The number of halogens is 3. The van der Waals surface area contributed by atoms with Crippen molar-refractivity contribution in [2.75, 3.05) is 13.1 Å². The largest absolute Gasteiger partial charge is 0.444 e. The first kappa shape index (κ1) is 18.1. The Morgan fingerprint density at radius 3 is 2.19 bits per heavy atom. The smallest absolute Gasteiger partial charge is 0.407 e. The zero-order valence-corrected chi connectivity index (χ0v) is 12.8. The minimum Gasteiger partial charge on any atom is -0.444 e. The van der Waals surface area contributed by atoms with Crippen LogP contribution in [0.3, 0.4) is 0 Å². The van der Waals surface area contributed by atoms with Crippen molar-refractivity contribution >= 4 is 6.09 Å². The zero-order valence-electron chi connectivity index (χ0n) is 12.8. The van der Waals surface area contributed by atoms with Gasteiger partial charge in [-0.1, -0.05) is 0 Å². The highest BCUT2D eigenvalue weighted by Gasteiger charge is 2.28. The Balaban J connectivity index is 2.19. The van der Waals surface area contributed by atoms with Crippen LogP contribution in [-0.2, 0) is 4.74 Å². The summed E-state index contributed by atoms with van der Waals surface area (Å²) < 4.78 is 41.3. The average Bonchev–Trinajstić information content (AvgIpc) is 2.27. The molecule has 1 aliphatic rings. The highest BCUT2D eigenvalue weighted by Crippen LogP contribution is 2.24. The number of ether oxygens (including phenoxy) is 1. The maximum atomic E-state index is 12.0. The van der Waals surface area contributed by atoms with Gasteiger partial charge in [0.1, 0.15) is 5.60 Å². The first-order valence-electron chi connectivity index (χ1n) is 7.32. The van der Waals surface area contributed by atoms with E-state index in [1.807, 2.05) is 0 Å². The van der Waals surface area contributed by atoms with Crippen molar-refractivity contribution in [3.05, 3.63) is 0 Å². The second kappa shape index (κ2) is 7.33. The third-order valence-electron chi connectivity index (χ3n) is 3.33. The average molecular weight is 310 g/mol. The van der Waals surface area contributed by atoms with Gasteiger partial charge in [-0.2, -0.15) is 13.2 Å². The molecule has 2 N–H and O–H groups in total. The number of amides is 1. The van der Waals surface area contributed by atoms with E-state index in [0.717, 1.165) is 25.7 Å². The maximum Gasteiger partial charge on any atom is 0.407 e. The van der Waals surface area contributed by atoms with Gasteiger partial charge in [0.05, 0.1) is 6.54 Å². The summed E-state index contributed by atoms with van der Waals surface area (Å²) in [4.78, 5) is 11.6. The van der Waals surface area contributed by atoms with Gasteiger partial charge in [-0.15, -0.1) is 0 Å². The minimum absolute atomic E-state index is 0.0544. The van der Waals surface area contributed by atoms with Crippen molar-refractivity contribution < 1.29 is 22.7 Å².